The lowest BCUT2D eigenvalue weighted by Gasteiger charge is -2.13. The number of alkyl halides is 3. The van der Waals surface area contributed by atoms with Crippen LogP contribution in [0.25, 0.3) is 11.1 Å². The predicted octanol–water partition coefficient (Wildman–Crippen LogP) is 4.81. The molecule has 0 amide bonds. The summed E-state index contributed by atoms with van der Waals surface area (Å²) in [7, 11) is 0. The molecule has 0 spiro atoms. The van der Waals surface area contributed by atoms with Gasteiger partial charge in [0.15, 0.2) is 0 Å². The molecular weight excluding hydrogens is 287 g/mol. The Kier molecular flexibility index (Phi) is 5.20. The van der Waals surface area contributed by atoms with E-state index in [4.69, 9.17) is 5.73 Å². The molecule has 0 saturated carbocycles. The molecule has 0 aliphatic carbocycles. The third-order valence-electron chi connectivity index (χ3n) is 2.98. The fraction of sp³-hybridized carbons (Fsp3) is 0.200. The van der Waals surface area contributed by atoms with E-state index in [0.29, 0.717) is 5.56 Å². The molecule has 1 nitrogen and oxygen atoms in total. The number of hydrogen-bond donors (Lipinski definition) is 1. The first-order valence-corrected chi connectivity index (χ1v) is 5.92. The molecule has 1 atom stereocenters. The first-order chi connectivity index (χ1) is 8.89. The fourth-order valence-corrected chi connectivity index (χ4v) is 1.95. The van der Waals surface area contributed by atoms with Gasteiger partial charge in [-0.25, -0.2) is 0 Å². The molecule has 0 bridgehead atoms. The largest absolute Gasteiger partial charge is 0.417 e. The zero-order valence-corrected chi connectivity index (χ0v) is 11.6. The second kappa shape index (κ2) is 6.29. The molecule has 0 aromatic heterocycles. The van der Waals surface area contributed by atoms with Gasteiger partial charge in [0.05, 0.1) is 5.56 Å². The van der Waals surface area contributed by atoms with Crippen molar-refractivity contribution in [2.75, 3.05) is 0 Å². The van der Waals surface area contributed by atoms with Crippen LogP contribution in [0.15, 0.2) is 48.5 Å². The minimum atomic E-state index is -4.35. The summed E-state index contributed by atoms with van der Waals surface area (Å²) < 4.78 is 38.8. The van der Waals surface area contributed by atoms with Crippen molar-refractivity contribution in [2.45, 2.75) is 19.1 Å². The molecule has 20 heavy (non-hydrogen) atoms. The van der Waals surface area contributed by atoms with Crippen LogP contribution >= 0.6 is 12.4 Å². The molecule has 0 aliphatic heterocycles. The fourth-order valence-electron chi connectivity index (χ4n) is 1.95. The Labute approximate surface area is 122 Å². The standard InChI is InChI=1S/C15H14F3N.ClH/c1-10(19)11-6-8-12(9-7-11)13-4-2-3-5-14(13)15(16,17)18;/h2-10H,19H2,1H3;1H. The highest BCUT2D eigenvalue weighted by Crippen LogP contribution is 2.36. The molecule has 0 saturated heterocycles. The van der Waals surface area contributed by atoms with E-state index < -0.39 is 11.7 Å². The Morgan fingerprint density at radius 2 is 1.50 bits per heavy atom. The monoisotopic (exact) mass is 301 g/mol. The molecule has 0 fully saturated rings. The Balaban J connectivity index is 0.00000200. The predicted molar refractivity (Wildman–Crippen MR) is 76.7 cm³/mol. The molecule has 2 aromatic carbocycles. The highest BCUT2D eigenvalue weighted by molar-refractivity contribution is 5.85. The lowest BCUT2D eigenvalue weighted by molar-refractivity contribution is -0.137. The molecule has 1 unspecified atom stereocenters. The Hall–Kier alpha value is -1.52. The van der Waals surface area contributed by atoms with E-state index in [0.717, 1.165) is 11.6 Å². The maximum absolute atomic E-state index is 12.9. The Morgan fingerprint density at radius 1 is 0.950 bits per heavy atom. The van der Waals surface area contributed by atoms with Gasteiger partial charge in [0.2, 0.25) is 0 Å². The minimum Gasteiger partial charge on any atom is -0.324 e. The number of hydrogen-bond acceptors (Lipinski definition) is 1. The molecule has 2 aromatic rings. The van der Waals surface area contributed by atoms with E-state index in [1.54, 1.807) is 30.3 Å². The van der Waals surface area contributed by atoms with Crippen LogP contribution in [-0.4, -0.2) is 0 Å². The summed E-state index contributed by atoms with van der Waals surface area (Å²) in [6.45, 7) is 1.83. The van der Waals surface area contributed by atoms with Crippen molar-refractivity contribution in [3.05, 3.63) is 59.7 Å². The van der Waals surface area contributed by atoms with Gasteiger partial charge in [0.1, 0.15) is 0 Å². The van der Waals surface area contributed by atoms with Gasteiger partial charge < -0.3 is 5.73 Å². The third-order valence-corrected chi connectivity index (χ3v) is 2.98. The van der Waals surface area contributed by atoms with Crippen LogP contribution in [0.5, 0.6) is 0 Å². The smallest absolute Gasteiger partial charge is 0.324 e. The van der Waals surface area contributed by atoms with Gasteiger partial charge >= 0.3 is 6.18 Å². The lowest BCUT2D eigenvalue weighted by Crippen LogP contribution is -2.07. The van der Waals surface area contributed by atoms with Crippen LogP contribution in [0.1, 0.15) is 24.1 Å². The van der Waals surface area contributed by atoms with Gasteiger partial charge in [-0.05, 0) is 29.7 Å². The Bertz CT molecular complexity index is 562. The van der Waals surface area contributed by atoms with Crippen LogP contribution in [0.3, 0.4) is 0 Å². The van der Waals surface area contributed by atoms with Crippen molar-refractivity contribution in [3.8, 4) is 11.1 Å². The summed E-state index contributed by atoms with van der Waals surface area (Å²) >= 11 is 0. The van der Waals surface area contributed by atoms with E-state index in [1.165, 1.54) is 12.1 Å². The minimum absolute atomic E-state index is 0. The van der Waals surface area contributed by atoms with Crippen LogP contribution in [0.4, 0.5) is 13.2 Å². The van der Waals surface area contributed by atoms with E-state index in [9.17, 15) is 13.2 Å². The zero-order chi connectivity index (χ0) is 14.0. The summed E-state index contributed by atoms with van der Waals surface area (Å²) in [5.74, 6) is 0. The van der Waals surface area contributed by atoms with Gasteiger partial charge in [-0.2, -0.15) is 13.2 Å². The lowest BCUT2D eigenvalue weighted by atomic mass is 9.97. The first kappa shape index (κ1) is 16.5. The van der Waals surface area contributed by atoms with Crippen molar-refractivity contribution in [1.82, 2.24) is 0 Å². The molecular formula is C15H15ClF3N. The summed E-state index contributed by atoms with van der Waals surface area (Å²) in [5, 5.41) is 0. The molecule has 108 valence electrons. The van der Waals surface area contributed by atoms with Crippen LogP contribution in [0, 0.1) is 0 Å². The third kappa shape index (κ3) is 3.52. The molecule has 5 heteroatoms. The SMILES string of the molecule is CC(N)c1ccc(-c2ccccc2C(F)(F)F)cc1.Cl. The molecule has 2 N–H and O–H groups in total. The second-order valence-corrected chi connectivity index (χ2v) is 4.45. The highest BCUT2D eigenvalue weighted by Gasteiger charge is 2.33. The first-order valence-electron chi connectivity index (χ1n) is 5.92. The normalized spacial score (nSPS) is 12.7. The summed E-state index contributed by atoms with van der Waals surface area (Å²) in [6.07, 6.45) is -4.35. The van der Waals surface area contributed by atoms with Gasteiger partial charge in [-0.3, -0.25) is 0 Å². The van der Waals surface area contributed by atoms with Gasteiger partial charge in [0.25, 0.3) is 0 Å². The van der Waals surface area contributed by atoms with Crippen molar-refractivity contribution in [1.29, 1.82) is 0 Å². The summed E-state index contributed by atoms with van der Waals surface area (Å²) in [5.41, 5.74) is 6.72. The topological polar surface area (TPSA) is 26.0 Å². The maximum atomic E-state index is 12.9. The molecule has 0 heterocycles. The van der Waals surface area contributed by atoms with E-state index in [1.807, 2.05) is 6.92 Å². The van der Waals surface area contributed by atoms with E-state index in [-0.39, 0.29) is 24.0 Å². The van der Waals surface area contributed by atoms with Crippen LogP contribution in [0.2, 0.25) is 0 Å². The molecule has 0 radical (unpaired) electrons. The van der Waals surface area contributed by atoms with Crippen LogP contribution < -0.4 is 5.73 Å². The second-order valence-electron chi connectivity index (χ2n) is 4.45. The molecule has 2 rings (SSSR count). The van der Waals surface area contributed by atoms with Crippen molar-refractivity contribution < 1.29 is 13.2 Å². The summed E-state index contributed by atoms with van der Waals surface area (Å²) in [6, 6.07) is 12.3. The average molecular weight is 302 g/mol. The maximum Gasteiger partial charge on any atom is 0.417 e. The van der Waals surface area contributed by atoms with Crippen molar-refractivity contribution >= 4 is 12.4 Å². The van der Waals surface area contributed by atoms with Crippen molar-refractivity contribution in [2.24, 2.45) is 5.73 Å². The van der Waals surface area contributed by atoms with Gasteiger partial charge in [0, 0.05) is 6.04 Å². The zero-order valence-electron chi connectivity index (χ0n) is 10.8. The highest BCUT2D eigenvalue weighted by atomic mass is 35.5. The Morgan fingerprint density at radius 3 is 2.00 bits per heavy atom. The number of nitrogens with two attached hydrogens (primary N) is 1. The number of benzene rings is 2. The van der Waals surface area contributed by atoms with Gasteiger partial charge in [-0.15, -0.1) is 12.4 Å². The van der Waals surface area contributed by atoms with E-state index in [2.05, 4.69) is 0 Å². The quantitative estimate of drug-likeness (QED) is 0.846. The van der Waals surface area contributed by atoms with Crippen LogP contribution in [-0.2, 0) is 6.18 Å². The van der Waals surface area contributed by atoms with Gasteiger partial charge in [-0.1, -0.05) is 42.5 Å². The summed E-state index contributed by atoms with van der Waals surface area (Å²) in [4.78, 5) is 0. The van der Waals surface area contributed by atoms with Crippen molar-refractivity contribution in [3.63, 3.8) is 0 Å². The van der Waals surface area contributed by atoms with E-state index >= 15 is 0 Å². The molecule has 0 aliphatic rings. The number of halogens is 4. The number of rotatable bonds is 2. The average Bonchev–Trinajstić information content (AvgIpc) is 2.38.